The fraction of sp³-hybridized carbons (Fsp3) is 0.333. The predicted molar refractivity (Wildman–Crippen MR) is 88.0 cm³/mol. The van der Waals surface area contributed by atoms with Gasteiger partial charge in [0, 0.05) is 17.5 Å². The number of nitrogens with one attached hydrogen (secondary N) is 1. The molecule has 0 saturated carbocycles. The molecule has 1 aromatic heterocycles. The van der Waals surface area contributed by atoms with Crippen molar-refractivity contribution in [1.82, 2.24) is 15.3 Å². The van der Waals surface area contributed by atoms with Crippen LogP contribution in [-0.2, 0) is 6.54 Å². The van der Waals surface area contributed by atoms with Crippen molar-refractivity contribution in [3.05, 3.63) is 35.9 Å². The van der Waals surface area contributed by atoms with Gasteiger partial charge in [0.25, 0.3) is 0 Å². The Labute approximate surface area is 129 Å². The third-order valence-corrected chi connectivity index (χ3v) is 3.63. The predicted octanol–water partition coefficient (Wildman–Crippen LogP) is 2.54. The van der Waals surface area contributed by atoms with Crippen molar-refractivity contribution in [2.24, 2.45) is 5.92 Å². The molecule has 0 radical (unpaired) electrons. The van der Waals surface area contributed by atoms with Crippen molar-refractivity contribution in [2.45, 2.75) is 30.4 Å². The summed E-state index contributed by atoms with van der Waals surface area (Å²) in [6.07, 6.45) is 0. The Morgan fingerprint density at radius 2 is 1.71 bits per heavy atom. The molecule has 2 rings (SSSR count). The number of nitrogen functional groups attached to an aromatic ring is 2. The van der Waals surface area contributed by atoms with Crippen LogP contribution in [0.15, 0.2) is 40.4 Å². The first-order valence-electron chi connectivity index (χ1n) is 6.90. The average molecular weight is 303 g/mol. The van der Waals surface area contributed by atoms with Crippen molar-refractivity contribution in [1.29, 1.82) is 0 Å². The van der Waals surface area contributed by atoms with Gasteiger partial charge in [-0.15, -0.1) is 0 Å². The Hall–Kier alpha value is -1.79. The summed E-state index contributed by atoms with van der Waals surface area (Å²) in [6, 6.07) is 9.86. The van der Waals surface area contributed by atoms with Crippen molar-refractivity contribution in [3.8, 4) is 0 Å². The minimum atomic E-state index is 0.388. The van der Waals surface area contributed by atoms with E-state index in [2.05, 4.69) is 53.4 Å². The Balaban J connectivity index is 1.95. The molecular weight excluding hydrogens is 282 g/mol. The molecule has 0 unspecified atom stereocenters. The van der Waals surface area contributed by atoms with E-state index in [0.29, 0.717) is 22.7 Å². The topological polar surface area (TPSA) is 89.8 Å². The van der Waals surface area contributed by atoms with Crippen LogP contribution in [0.3, 0.4) is 0 Å². The maximum absolute atomic E-state index is 5.66. The van der Waals surface area contributed by atoms with Gasteiger partial charge in [0.2, 0.25) is 0 Å². The van der Waals surface area contributed by atoms with E-state index >= 15 is 0 Å². The Morgan fingerprint density at radius 3 is 2.29 bits per heavy atom. The Kier molecular flexibility index (Phi) is 5.41. The third-order valence-electron chi connectivity index (χ3n) is 2.76. The molecule has 0 bridgehead atoms. The summed E-state index contributed by atoms with van der Waals surface area (Å²) in [5, 5.41) is 3.99. The molecule has 0 fully saturated rings. The number of hydrogen-bond acceptors (Lipinski definition) is 6. The second kappa shape index (κ2) is 7.28. The molecule has 0 aliphatic heterocycles. The Bertz CT molecular complexity index is 563. The van der Waals surface area contributed by atoms with E-state index in [-0.39, 0.29) is 0 Å². The van der Waals surface area contributed by atoms with Crippen LogP contribution in [0.1, 0.15) is 19.4 Å². The highest BCUT2D eigenvalue weighted by Gasteiger charge is 2.04. The van der Waals surface area contributed by atoms with Crippen LogP contribution >= 0.6 is 11.8 Å². The van der Waals surface area contributed by atoms with Crippen molar-refractivity contribution in [3.63, 3.8) is 0 Å². The lowest BCUT2D eigenvalue weighted by Crippen LogP contribution is -2.18. The monoisotopic (exact) mass is 303 g/mol. The molecule has 1 aromatic carbocycles. The number of anilines is 2. The van der Waals surface area contributed by atoms with Gasteiger partial charge in [-0.2, -0.15) is 0 Å². The van der Waals surface area contributed by atoms with Gasteiger partial charge in [-0.3, -0.25) is 0 Å². The van der Waals surface area contributed by atoms with E-state index in [1.807, 2.05) is 0 Å². The number of benzene rings is 1. The molecule has 0 saturated heterocycles. The van der Waals surface area contributed by atoms with Crippen LogP contribution in [0.2, 0.25) is 0 Å². The fourth-order valence-electron chi connectivity index (χ4n) is 1.79. The molecule has 1 heterocycles. The molecule has 0 amide bonds. The van der Waals surface area contributed by atoms with Crippen molar-refractivity contribution in [2.75, 3.05) is 18.0 Å². The molecule has 112 valence electrons. The van der Waals surface area contributed by atoms with Crippen LogP contribution in [-0.4, -0.2) is 16.5 Å². The lowest BCUT2D eigenvalue weighted by Gasteiger charge is -2.08. The molecule has 21 heavy (non-hydrogen) atoms. The highest BCUT2D eigenvalue weighted by atomic mass is 32.2. The number of aromatic nitrogens is 2. The molecule has 0 aliphatic rings. The lowest BCUT2D eigenvalue weighted by molar-refractivity contribution is 0.552. The summed E-state index contributed by atoms with van der Waals surface area (Å²) in [5.41, 5.74) is 12.6. The number of rotatable bonds is 6. The average Bonchev–Trinajstić information content (AvgIpc) is 2.39. The first-order chi connectivity index (χ1) is 10.0. The van der Waals surface area contributed by atoms with Crippen LogP contribution < -0.4 is 16.8 Å². The highest BCUT2D eigenvalue weighted by molar-refractivity contribution is 7.99. The van der Waals surface area contributed by atoms with Crippen molar-refractivity contribution < 1.29 is 0 Å². The maximum Gasteiger partial charge on any atom is 0.196 e. The molecule has 6 heteroatoms. The summed E-state index contributed by atoms with van der Waals surface area (Å²) in [4.78, 5) is 9.38. The minimum Gasteiger partial charge on any atom is -0.383 e. The molecule has 5 nitrogen and oxygen atoms in total. The zero-order valence-electron chi connectivity index (χ0n) is 12.3. The summed E-state index contributed by atoms with van der Waals surface area (Å²) < 4.78 is 0. The quantitative estimate of drug-likeness (QED) is 0.711. The summed E-state index contributed by atoms with van der Waals surface area (Å²) in [6.45, 7) is 6.30. The van der Waals surface area contributed by atoms with E-state index in [4.69, 9.17) is 11.5 Å². The Morgan fingerprint density at radius 1 is 1.10 bits per heavy atom. The van der Waals surface area contributed by atoms with Gasteiger partial charge in [-0.25, -0.2) is 9.97 Å². The van der Waals surface area contributed by atoms with Gasteiger partial charge in [0.05, 0.1) is 0 Å². The number of hydrogen-bond donors (Lipinski definition) is 3. The van der Waals surface area contributed by atoms with E-state index in [9.17, 15) is 0 Å². The van der Waals surface area contributed by atoms with Crippen LogP contribution in [0, 0.1) is 5.92 Å². The van der Waals surface area contributed by atoms with Gasteiger partial charge >= 0.3 is 0 Å². The van der Waals surface area contributed by atoms with E-state index in [0.717, 1.165) is 18.0 Å². The zero-order valence-corrected chi connectivity index (χ0v) is 13.2. The highest BCUT2D eigenvalue weighted by Crippen LogP contribution is 2.26. The van der Waals surface area contributed by atoms with Crippen LogP contribution in [0.25, 0.3) is 0 Å². The molecule has 2 aromatic rings. The van der Waals surface area contributed by atoms with E-state index in [1.165, 1.54) is 17.3 Å². The first-order valence-corrected chi connectivity index (χ1v) is 7.72. The van der Waals surface area contributed by atoms with E-state index in [1.54, 1.807) is 6.07 Å². The van der Waals surface area contributed by atoms with E-state index < -0.39 is 0 Å². The van der Waals surface area contributed by atoms with Gasteiger partial charge in [-0.1, -0.05) is 26.0 Å². The van der Waals surface area contributed by atoms with Gasteiger partial charge in [0.15, 0.2) is 5.16 Å². The van der Waals surface area contributed by atoms with Crippen LogP contribution in [0.4, 0.5) is 11.6 Å². The fourth-order valence-corrected chi connectivity index (χ4v) is 2.58. The normalized spacial score (nSPS) is 11.0. The summed E-state index contributed by atoms with van der Waals surface area (Å²) in [7, 11) is 0. The molecular formula is C15H21N5S. The molecule has 0 aliphatic carbocycles. The minimum absolute atomic E-state index is 0.388. The summed E-state index contributed by atoms with van der Waals surface area (Å²) >= 11 is 1.45. The van der Waals surface area contributed by atoms with Gasteiger partial charge < -0.3 is 16.8 Å². The molecule has 0 spiro atoms. The second-order valence-corrected chi connectivity index (χ2v) is 6.31. The van der Waals surface area contributed by atoms with Gasteiger partial charge in [-0.05, 0) is 41.9 Å². The lowest BCUT2D eigenvalue weighted by atomic mass is 10.2. The van der Waals surface area contributed by atoms with Crippen LogP contribution in [0.5, 0.6) is 0 Å². The smallest absolute Gasteiger partial charge is 0.196 e. The van der Waals surface area contributed by atoms with Crippen molar-refractivity contribution >= 4 is 23.4 Å². The first kappa shape index (κ1) is 15.6. The second-order valence-electron chi connectivity index (χ2n) is 5.27. The maximum atomic E-state index is 5.66. The number of nitrogens with zero attached hydrogens (tertiary/aromatic N) is 2. The standard InChI is InChI=1S/C15H21N5S/c1-10(2)8-18-9-11-3-5-12(6-4-11)21-15-19-13(16)7-14(17)20-15/h3-7,10,18H,8-9H2,1-2H3,(H4,16,17,19,20). The zero-order chi connectivity index (χ0) is 15.2. The molecule has 0 atom stereocenters. The number of nitrogens with two attached hydrogens (primary N) is 2. The molecule has 5 N–H and O–H groups in total. The third kappa shape index (κ3) is 5.24. The largest absolute Gasteiger partial charge is 0.383 e. The summed E-state index contributed by atoms with van der Waals surface area (Å²) in [5.74, 6) is 1.44. The SMILES string of the molecule is CC(C)CNCc1ccc(Sc2nc(N)cc(N)n2)cc1. The van der Waals surface area contributed by atoms with Gasteiger partial charge in [0.1, 0.15) is 11.6 Å².